The zero-order chi connectivity index (χ0) is 12.5. The first-order valence-electron chi connectivity index (χ1n) is 7.10. The van der Waals surface area contributed by atoms with Crippen LogP contribution in [0.4, 0.5) is 0 Å². The van der Waals surface area contributed by atoms with Gasteiger partial charge in [0.05, 0.1) is 6.61 Å². The van der Waals surface area contributed by atoms with Gasteiger partial charge in [-0.25, -0.2) is 0 Å². The molecule has 2 heteroatoms. The van der Waals surface area contributed by atoms with Crippen LogP contribution in [0.1, 0.15) is 39.5 Å². The number of methoxy groups -OCH3 is 1. The van der Waals surface area contributed by atoms with E-state index in [1.807, 2.05) is 0 Å². The topological polar surface area (TPSA) is 21.3 Å². The van der Waals surface area contributed by atoms with Gasteiger partial charge in [-0.2, -0.15) is 0 Å². The first kappa shape index (κ1) is 14.7. The SMILES string of the molecule is COCCNCCC=CC1CCC(C)C(C)C1. The number of hydrogen-bond donors (Lipinski definition) is 1. The first-order valence-corrected chi connectivity index (χ1v) is 7.10. The van der Waals surface area contributed by atoms with Crippen molar-refractivity contribution in [3.05, 3.63) is 12.2 Å². The van der Waals surface area contributed by atoms with E-state index in [1.165, 1.54) is 19.3 Å². The Kier molecular flexibility index (Phi) is 7.54. The molecule has 0 amide bonds. The predicted octanol–water partition coefficient (Wildman–Crippen LogP) is 3.24. The minimum absolute atomic E-state index is 0.807. The van der Waals surface area contributed by atoms with E-state index in [2.05, 4.69) is 31.3 Å². The lowest BCUT2D eigenvalue weighted by atomic mass is 9.76. The second kappa shape index (κ2) is 8.71. The van der Waals surface area contributed by atoms with Crippen molar-refractivity contribution in [1.82, 2.24) is 5.32 Å². The molecular formula is C15H29NO. The second-order valence-corrected chi connectivity index (χ2v) is 5.49. The molecule has 1 N–H and O–H groups in total. The summed E-state index contributed by atoms with van der Waals surface area (Å²) >= 11 is 0. The Morgan fingerprint density at radius 1 is 1.18 bits per heavy atom. The third-order valence-corrected chi connectivity index (χ3v) is 4.02. The number of ether oxygens (including phenoxy) is 1. The van der Waals surface area contributed by atoms with Gasteiger partial charge in [-0.15, -0.1) is 0 Å². The van der Waals surface area contributed by atoms with Gasteiger partial charge in [-0.3, -0.25) is 0 Å². The molecule has 2 nitrogen and oxygen atoms in total. The van der Waals surface area contributed by atoms with Crippen molar-refractivity contribution in [3.63, 3.8) is 0 Å². The van der Waals surface area contributed by atoms with Gasteiger partial charge < -0.3 is 10.1 Å². The molecule has 0 aromatic carbocycles. The highest BCUT2D eigenvalue weighted by Crippen LogP contribution is 2.33. The van der Waals surface area contributed by atoms with Crippen LogP contribution in [0, 0.1) is 17.8 Å². The van der Waals surface area contributed by atoms with Gasteiger partial charge in [0, 0.05) is 13.7 Å². The highest BCUT2D eigenvalue weighted by molar-refractivity contribution is 4.92. The molecule has 0 spiro atoms. The Balaban J connectivity index is 2.04. The largest absolute Gasteiger partial charge is 0.383 e. The Bertz CT molecular complexity index is 215. The van der Waals surface area contributed by atoms with E-state index in [4.69, 9.17) is 4.74 Å². The summed E-state index contributed by atoms with van der Waals surface area (Å²) in [6.07, 6.45) is 10.1. The summed E-state index contributed by atoms with van der Waals surface area (Å²) in [5, 5.41) is 3.36. The van der Waals surface area contributed by atoms with Crippen molar-refractivity contribution in [2.75, 3.05) is 26.8 Å². The van der Waals surface area contributed by atoms with Gasteiger partial charge in [0.2, 0.25) is 0 Å². The van der Waals surface area contributed by atoms with Gasteiger partial charge in [0.15, 0.2) is 0 Å². The number of allylic oxidation sites excluding steroid dienone is 1. The quantitative estimate of drug-likeness (QED) is 0.544. The average Bonchev–Trinajstić information content (AvgIpc) is 2.32. The fraction of sp³-hybridized carbons (Fsp3) is 0.867. The van der Waals surface area contributed by atoms with E-state index in [9.17, 15) is 0 Å². The fourth-order valence-electron chi connectivity index (χ4n) is 2.54. The highest BCUT2D eigenvalue weighted by atomic mass is 16.5. The van der Waals surface area contributed by atoms with Gasteiger partial charge >= 0.3 is 0 Å². The maximum absolute atomic E-state index is 4.98. The monoisotopic (exact) mass is 239 g/mol. The molecule has 0 aliphatic heterocycles. The van der Waals surface area contributed by atoms with Crippen LogP contribution in [0.2, 0.25) is 0 Å². The Morgan fingerprint density at radius 2 is 2.00 bits per heavy atom. The molecule has 0 bridgehead atoms. The molecule has 0 saturated heterocycles. The molecule has 0 radical (unpaired) electrons. The van der Waals surface area contributed by atoms with Crippen LogP contribution in [0.15, 0.2) is 12.2 Å². The third-order valence-electron chi connectivity index (χ3n) is 4.02. The van der Waals surface area contributed by atoms with Crippen LogP contribution in [0.3, 0.4) is 0 Å². The summed E-state index contributed by atoms with van der Waals surface area (Å²) < 4.78 is 4.98. The molecular weight excluding hydrogens is 210 g/mol. The summed E-state index contributed by atoms with van der Waals surface area (Å²) in [5.74, 6) is 2.66. The number of hydrogen-bond acceptors (Lipinski definition) is 2. The first-order chi connectivity index (χ1) is 8.24. The molecule has 100 valence electrons. The zero-order valence-electron chi connectivity index (χ0n) is 11.7. The van der Waals surface area contributed by atoms with Crippen molar-refractivity contribution < 1.29 is 4.74 Å². The molecule has 1 aliphatic carbocycles. The normalized spacial score (nSPS) is 29.9. The number of rotatable bonds is 7. The molecule has 3 atom stereocenters. The lowest BCUT2D eigenvalue weighted by Crippen LogP contribution is -2.20. The average molecular weight is 239 g/mol. The second-order valence-electron chi connectivity index (χ2n) is 5.49. The van der Waals surface area contributed by atoms with E-state index < -0.39 is 0 Å². The molecule has 17 heavy (non-hydrogen) atoms. The Labute approximate surface area is 107 Å². The summed E-state index contributed by atoms with van der Waals surface area (Å²) in [4.78, 5) is 0. The minimum atomic E-state index is 0.807. The molecule has 1 fully saturated rings. The minimum Gasteiger partial charge on any atom is -0.383 e. The Morgan fingerprint density at radius 3 is 2.71 bits per heavy atom. The van der Waals surface area contributed by atoms with Gasteiger partial charge in [-0.1, -0.05) is 26.0 Å². The van der Waals surface area contributed by atoms with Gasteiger partial charge in [0.25, 0.3) is 0 Å². The van der Waals surface area contributed by atoms with Crippen LogP contribution in [-0.2, 0) is 4.74 Å². The Hall–Kier alpha value is -0.340. The lowest BCUT2D eigenvalue weighted by Gasteiger charge is -2.30. The van der Waals surface area contributed by atoms with E-state index in [0.29, 0.717) is 0 Å². The third kappa shape index (κ3) is 6.23. The summed E-state index contributed by atoms with van der Waals surface area (Å²) in [6.45, 7) is 7.63. The molecule has 1 aliphatic rings. The predicted molar refractivity (Wildman–Crippen MR) is 74.2 cm³/mol. The number of nitrogens with one attached hydrogen (secondary N) is 1. The van der Waals surface area contributed by atoms with Crippen LogP contribution < -0.4 is 5.32 Å². The molecule has 0 heterocycles. The summed E-state index contributed by atoms with van der Waals surface area (Å²) in [7, 11) is 1.74. The van der Waals surface area contributed by atoms with Crippen LogP contribution >= 0.6 is 0 Å². The molecule has 0 aromatic rings. The van der Waals surface area contributed by atoms with Crippen molar-refractivity contribution in [2.24, 2.45) is 17.8 Å². The van der Waals surface area contributed by atoms with Crippen molar-refractivity contribution in [1.29, 1.82) is 0 Å². The maximum atomic E-state index is 4.98. The smallest absolute Gasteiger partial charge is 0.0587 e. The van der Waals surface area contributed by atoms with Crippen LogP contribution in [0.5, 0.6) is 0 Å². The van der Waals surface area contributed by atoms with Gasteiger partial charge in [0.1, 0.15) is 0 Å². The molecule has 1 saturated carbocycles. The van der Waals surface area contributed by atoms with Crippen molar-refractivity contribution >= 4 is 0 Å². The standard InChI is InChI=1S/C15H29NO/c1-13-7-8-15(12-14(13)2)6-4-5-9-16-10-11-17-3/h4,6,13-16H,5,7-12H2,1-3H3. The molecule has 3 unspecified atom stereocenters. The fourth-order valence-corrected chi connectivity index (χ4v) is 2.54. The lowest BCUT2D eigenvalue weighted by molar-refractivity contribution is 0.199. The summed E-state index contributed by atoms with van der Waals surface area (Å²) in [6, 6.07) is 0. The van der Waals surface area contributed by atoms with E-state index in [1.54, 1.807) is 7.11 Å². The van der Waals surface area contributed by atoms with E-state index in [0.717, 1.165) is 43.9 Å². The highest BCUT2D eigenvalue weighted by Gasteiger charge is 2.22. The van der Waals surface area contributed by atoms with E-state index >= 15 is 0 Å². The van der Waals surface area contributed by atoms with Crippen LogP contribution in [-0.4, -0.2) is 26.8 Å². The zero-order valence-corrected chi connectivity index (χ0v) is 11.7. The van der Waals surface area contributed by atoms with E-state index in [-0.39, 0.29) is 0 Å². The van der Waals surface area contributed by atoms with Crippen molar-refractivity contribution in [2.45, 2.75) is 39.5 Å². The maximum Gasteiger partial charge on any atom is 0.0587 e. The summed E-state index contributed by atoms with van der Waals surface area (Å²) in [5.41, 5.74) is 0. The molecule has 1 rings (SSSR count). The van der Waals surface area contributed by atoms with Gasteiger partial charge in [-0.05, 0) is 50.0 Å². The molecule has 0 aromatic heterocycles. The van der Waals surface area contributed by atoms with Crippen molar-refractivity contribution in [3.8, 4) is 0 Å². The van der Waals surface area contributed by atoms with Crippen LogP contribution in [0.25, 0.3) is 0 Å².